The third kappa shape index (κ3) is 4.13. The molecule has 106 valence electrons. The van der Waals surface area contributed by atoms with Crippen molar-refractivity contribution in [1.82, 2.24) is 0 Å². The second-order valence-corrected chi connectivity index (χ2v) is 5.67. The third-order valence-corrected chi connectivity index (χ3v) is 3.89. The SMILES string of the molecule is CCC(C)COc1ccc(N2CCCC(N)C2)cc1. The lowest BCUT2D eigenvalue weighted by Crippen LogP contribution is -2.42. The Morgan fingerprint density at radius 3 is 2.74 bits per heavy atom. The number of rotatable bonds is 5. The summed E-state index contributed by atoms with van der Waals surface area (Å²) in [6.07, 6.45) is 3.49. The summed E-state index contributed by atoms with van der Waals surface area (Å²) in [6.45, 7) is 7.28. The molecule has 1 saturated heterocycles. The molecule has 0 saturated carbocycles. The minimum Gasteiger partial charge on any atom is -0.493 e. The Morgan fingerprint density at radius 1 is 1.37 bits per heavy atom. The molecule has 1 fully saturated rings. The molecule has 2 unspecified atom stereocenters. The average Bonchev–Trinajstić information content (AvgIpc) is 2.45. The number of hydrogen-bond donors (Lipinski definition) is 1. The van der Waals surface area contributed by atoms with E-state index in [0.717, 1.165) is 38.3 Å². The van der Waals surface area contributed by atoms with E-state index in [4.69, 9.17) is 10.5 Å². The van der Waals surface area contributed by atoms with Crippen molar-refractivity contribution in [2.75, 3.05) is 24.6 Å². The minimum absolute atomic E-state index is 0.315. The van der Waals surface area contributed by atoms with Crippen LogP contribution in [0, 0.1) is 5.92 Å². The highest BCUT2D eigenvalue weighted by Gasteiger charge is 2.16. The molecule has 3 heteroatoms. The Morgan fingerprint density at radius 2 is 2.11 bits per heavy atom. The Bertz CT molecular complexity index is 377. The van der Waals surface area contributed by atoms with Gasteiger partial charge in [0.05, 0.1) is 6.61 Å². The Kier molecular flexibility index (Phi) is 5.08. The van der Waals surface area contributed by atoms with Gasteiger partial charge in [-0.1, -0.05) is 20.3 Å². The fraction of sp³-hybridized carbons (Fsp3) is 0.625. The van der Waals surface area contributed by atoms with Crippen molar-refractivity contribution in [3.8, 4) is 5.75 Å². The van der Waals surface area contributed by atoms with Gasteiger partial charge in [0.1, 0.15) is 5.75 Å². The molecule has 0 spiro atoms. The molecule has 0 amide bonds. The lowest BCUT2D eigenvalue weighted by Gasteiger charge is -2.32. The zero-order valence-corrected chi connectivity index (χ0v) is 12.1. The Labute approximate surface area is 116 Å². The summed E-state index contributed by atoms with van der Waals surface area (Å²) in [6, 6.07) is 8.74. The maximum atomic E-state index is 6.02. The lowest BCUT2D eigenvalue weighted by molar-refractivity contribution is 0.256. The summed E-state index contributed by atoms with van der Waals surface area (Å²) in [4.78, 5) is 2.37. The first-order valence-electron chi connectivity index (χ1n) is 7.42. The quantitative estimate of drug-likeness (QED) is 0.886. The molecule has 1 aliphatic rings. The van der Waals surface area contributed by atoms with Gasteiger partial charge in [-0.25, -0.2) is 0 Å². The van der Waals surface area contributed by atoms with E-state index in [-0.39, 0.29) is 0 Å². The zero-order valence-electron chi connectivity index (χ0n) is 12.1. The van der Waals surface area contributed by atoms with Crippen molar-refractivity contribution in [2.24, 2.45) is 11.7 Å². The molecular weight excluding hydrogens is 236 g/mol. The van der Waals surface area contributed by atoms with Crippen LogP contribution in [0.25, 0.3) is 0 Å². The summed E-state index contributed by atoms with van der Waals surface area (Å²) < 4.78 is 5.78. The van der Waals surface area contributed by atoms with Gasteiger partial charge in [0, 0.05) is 24.8 Å². The molecule has 2 rings (SSSR count). The predicted octanol–water partition coefficient (Wildman–Crippen LogP) is 3.04. The highest BCUT2D eigenvalue weighted by atomic mass is 16.5. The van der Waals surface area contributed by atoms with Crippen LogP contribution in [0.2, 0.25) is 0 Å². The number of nitrogens with two attached hydrogens (primary N) is 1. The summed E-state index contributed by atoms with van der Waals surface area (Å²) in [5.41, 5.74) is 7.28. The molecule has 0 radical (unpaired) electrons. The third-order valence-electron chi connectivity index (χ3n) is 3.89. The Balaban J connectivity index is 1.90. The first kappa shape index (κ1) is 14.2. The van der Waals surface area contributed by atoms with E-state index in [1.54, 1.807) is 0 Å². The molecule has 2 N–H and O–H groups in total. The van der Waals surface area contributed by atoms with Crippen molar-refractivity contribution in [3.63, 3.8) is 0 Å². The zero-order chi connectivity index (χ0) is 13.7. The standard InChI is InChI=1S/C16H26N2O/c1-3-13(2)12-19-16-8-6-15(7-9-16)18-10-4-5-14(17)11-18/h6-9,13-14H,3-5,10-12,17H2,1-2H3. The minimum atomic E-state index is 0.315. The van der Waals surface area contributed by atoms with E-state index in [0.29, 0.717) is 12.0 Å². The molecule has 0 aliphatic carbocycles. The van der Waals surface area contributed by atoms with Gasteiger partial charge < -0.3 is 15.4 Å². The fourth-order valence-corrected chi connectivity index (χ4v) is 2.35. The molecule has 19 heavy (non-hydrogen) atoms. The van der Waals surface area contributed by atoms with Crippen molar-refractivity contribution >= 4 is 5.69 Å². The van der Waals surface area contributed by atoms with Crippen molar-refractivity contribution in [2.45, 2.75) is 39.2 Å². The summed E-state index contributed by atoms with van der Waals surface area (Å²) in [7, 11) is 0. The number of piperidine rings is 1. The fourth-order valence-electron chi connectivity index (χ4n) is 2.35. The number of nitrogens with zero attached hydrogens (tertiary/aromatic N) is 1. The topological polar surface area (TPSA) is 38.5 Å². The second kappa shape index (κ2) is 6.80. The normalized spacial score (nSPS) is 21.2. The van der Waals surface area contributed by atoms with Crippen molar-refractivity contribution in [1.29, 1.82) is 0 Å². The van der Waals surface area contributed by atoms with E-state index in [2.05, 4.69) is 43.0 Å². The van der Waals surface area contributed by atoms with Crippen LogP contribution in [-0.4, -0.2) is 25.7 Å². The van der Waals surface area contributed by atoms with Gasteiger partial charge in [-0.15, -0.1) is 0 Å². The van der Waals surface area contributed by atoms with Crippen LogP contribution in [0.4, 0.5) is 5.69 Å². The van der Waals surface area contributed by atoms with Crippen LogP contribution in [0.3, 0.4) is 0 Å². The van der Waals surface area contributed by atoms with Gasteiger partial charge in [-0.2, -0.15) is 0 Å². The number of ether oxygens (including phenoxy) is 1. The lowest BCUT2D eigenvalue weighted by atomic mass is 10.1. The average molecular weight is 262 g/mol. The Hall–Kier alpha value is -1.22. The van der Waals surface area contributed by atoms with Gasteiger partial charge in [0.2, 0.25) is 0 Å². The van der Waals surface area contributed by atoms with Crippen LogP contribution in [-0.2, 0) is 0 Å². The van der Waals surface area contributed by atoms with Gasteiger partial charge in [-0.05, 0) is 43.0 Å². The molecule has 0 bridgehead atoms. The van der Waals surface area contributed by atoms with Gasteiger partial charge in [0.25, 0.3) is 0 Å². The molecule has 1 heterocycles. The summed E-state index contributed by atoms with van der Waals surface area (Å²) in [5, 5.41) is 0. The van der Waals surface area contributed by atoms with E-state index >= 15 is 0 Å². The van der Waals surface area contributed by atoms with Crippen molar-refractivity contribution in [3.05, 3.63) is 24.3 Å². The smallest absolute Gasteiger partial charge is 0.119 e. The number of benzene rings is 1. The molecule has 1 aromatic rings. The monoisotopic (exact) mass is 262 g/mol. The van der Waals surface area contributed by atoms with E-state index in [1.807, 2.05) is 0 Å². The first-order chi connectivity index (χ1) is 9.19. The number of anilines is 1. The molecule has 1 aliphatic heterocycles. The largest absolute Gasteiger partial charge is 0.493 e. The molecule has 3 nitrogen and oxygen atoms in total. The molecule has 0 aromatic heterocycles. The van der Waals surface area contributed by atoms with Gasteiger partial charge in [0.15, 0.2) is 0 Å². The van der Waals surface area contributed by atoms with Gasteiger partial charge in [-0.3, -0.25) is 0 Å². The number of hydrogen-bond acceptors (Lipinski definition) is 3. The van der Waals surface area contributed by atoms with E-state index in [9.17, 15) is 0 Å². The van der Waals surface area contributed by atoms with Crippen LogP contribution < -0.4 is 15.4 Å². The highest BCUT2D eigenvalue weighted by molar-refractivity contribution is 5.49. The molecular formula is C16H26N2O. The first-order valence-corrected chi connectivity index (χ1v) is 7.42. The maximum Gasteiger partial charge on any atom is 0.119 e. The van der Waals surface area contributed by atoms with Crippen LogP contribution >= 0.6 is 0 Å². The summed E-state index contributed by atoms with van der Waals surface area (Å²) >= 11 is 0. The molecule has 1 aromatic carbocycles. The summed E-state index contributed by atoms with van der Waals surface area (Å²) in [5.74, 6) is 1.57. The predicted molar refractivity (Wildman–Crippen MR) is 80.8 cm³/mol. The second-order valence-electron chi connectivity index (χ2n) is 5.67. The van der Waals surface area contributed by atoms with E-state index in [1.165, 1.54) is 12.1 Å². The van der Waals surface area contributed by atoms with Crippen LogP contribution in [0.15, 0.2) is 24.3 Å². The van der Waals surface area contributed by atoms with Gasteiger partial charge >= 0.3 is 0 Å². The van der Waals surface area contributed by atoms with E-state index < -0.39 is 0 Å². The molecule has 2 atom stereocenters. The highest BCUT2D eigenvalue weighted by Crippen LogP contribution is 2.22. The van der Waals surface area contributed by atoms with Crippen LogP contribution in [0.5, 0.6) is 5.75 Å². The van der Waals surface area contributed by atoms with Crippen LogP contribution in [0.1, 0.15) is 33.1 Å². The maximum absolute atomic E-state index is 6.02. The van der Waals surface area contributed by atoms with Crippen molar-refractivity contribution < 1.29 is 4.74 Å².